The topological polar surface area (TPSA) is 44.5 Å². The van der Waals surface area contributed by atoms with E-state index in [-0.39, 0.29) is 5.54 Å². The highest BCUT2D eigenvalue weighted by molar-refractivity contribution is 5.46. The molecule has 116 valence electrons. The van der Waals surface area contributed by atoms with Crippen LogP contribution in [0.1, 0.15) is 57.9 Å². The molecule has 0 bridgehead atoms. The molecule has 2 aliphatic rings. The quantitative estimate of drug-likeness (QED) is 0.891. The number of benzene rings is 1. The van der Waals surface area contributed by atoms with E-state index in [1.807, 2.05) is 6.07 Å². The lowest BCUT2D eigenvalue weighted by atomic mass is 9.52. The molecule has 1 saturated carbocycles. The Morgan fingerprint density at radius 3 is 2.24 bits per heavy atom. The summed E-state index contributed by atoms with van der Waals surface area (Å²) in [5.41, 5.74) is 8.18. The normalized spacial score (nSPS) is 21.7. The smallest absolute Gasteiger partial charge is 0.161 e. The second-order valence-corrected chi connectivity index (χ2v) is 6.87. The van der Waals surface area contributed by atoms with E-state index in [1.54, 1.807) is 0 Å². The lowest BCUT2D eigenvalue weighted by Gasteiger charge is -2.55. The van der Waals surface area contributed by atoms with Gasteiger partial charge in [0.25, 0.3) is 0 Å². The summed E-state index contributed by atoms with van der Waals surface area (Å²) in [4.78, 5) is 0. The van der Waals surface area contributed by atoms with Crippen LogP contribution in [-0.2, 0) is 5.54 Å². The number of fused-ring (bicyclic) bond motifs is 1. The van der Waals surface area contributed by atoms with Crippen LogP contribution in [0.3, 0.4) is 0 Å². The van der Waals surface area contributed by atoms with Gasteiger partial charge >= 0.3 is 0 Å². The van der Waals surface area contributed by atoms with E-state index in [1.165, 1.54) is 31.2 Å². The lowest BCUT2D eigenvalue weighted by Crippen LogP contribution is -2.55. The van der Waals surface area contributed by atoms with Crippen molar-refractivity contribution in [3.05, 3.63) is 23.8 Å². The van der Waals surface area contributed by atoms with Gasteiger partial charge in [-0.1, -0.05) is 32.8 Å². The molecule has 0 unspecified atom stereocenters. The molecule has 0 atom stereocenters. The van der Waals surface area contributed by atoms with Gasteiger partial charge in [0.15, 0.2) is 11.5 Å². The van der Waals surface area contributed by atoms with Crippen LogP contribution in [0.2, 0.25) is 0 Å². The molecule has 3 heteroatoms. The molecule has 2 N–H and O–H groups in total. The average molecular weight is 289 g/mol. The Balaban J connectivity index is 1.78. The largest absolute Gasteiger partial charge is 0.486 e. The Bertz CT molecular complexity index is 498. The minimum Gasteiger partial charge on any atom is -0.486 e. The highest BCUT2D eigenvalue weighted by Crippen LogP contribution is 2.58. The Kier molecular flexibility index (Phi) is 3.87. The van der Waals surface area contributed by atoms with Crippen molar-refractivity contribution in [3.8, 4) is 11.5 Å². The lowest BCUT2D eigenvalue weighted by molar-refractivity contribution is 0.00596. The Morgan fingerprint density at radius 2 is 1.62 bits per heavy atom. The molecule has 1 heterocycles. The van der Waals surface area contributed by atoms with Gasteiger partial charge in [0.05, 0.1) is 0 Å². The van der Waals surface area contributed by atoms with Gasteiger partial charge in [-0.05, 0) is 48.8 Å². The third-order valence-electron chi connectivity index (χ3n) is 5.06. The maximum atomic E-state index is 6.70. The highest BCUT2D eigenvalue weighted by Gasteiger charge is 2.51. The first-order chi connectivity index (χ1) is 10.1. The van der Waals surface area contributed by atoms with E-state index in [4.69, 9.17) is 15.2 Å². The third kappa shape index (κ3) is 2.64. The fourth-order valence-electron chi connectivity index (χ4n) is 4.38. The van der Waals surface area contributed by atoms with Crippen LogP contribution in [0.25, 0.3) is 0 Å². The standard InChI is InChI=1S/C18H27NO2/c1-3-7-17(8-4-2)12-18(19,13-17)14-5-6-15-16(11-14)21-10-9-20-15/h5-6,11H,3-4,7-10,12-13,19H2,1-2H3. The van der Waals surface area contributed by atoms with Crippen molar-refractivity contribution in [3.63, 3.8) is 0 Å². The van der Waals surface area contributed by atoms with E-state index >= 15 is 0 Å². The maximum Gasteiger partial charge on any atom is 0.161 e. The maximum absolute atomic E-state index is 6.70. The zero-order valence-electron chi connectivity index (χ0n) is 13.3. The summed E-state index contributed by atoms with van der Waals surface area (Å²) in [7, 11) is 0. The van der Waals surface area contributed by atoms with Crippen molar-refractivity contribution in [1.82, 2.24) is 0 Å². The van der Waals surface area contributed by atoms with Gasteiger partial charge in [-0.25, -0.2) is 0 Å². The zero-order chi connectivity index (χ0) is 14.9. The monoisotopic (exact) mass is 289 g/mol. The Morgan fingerprint density at radius 1 is 1.00 bits per heavy atom. The zero-order valence-corrected chi connectivity index (χ0v) is 13.3. The van der Waals surface area contributed by atoms with Crippen LogP contribution in [0.4, 0.5) is 0 Å². The van der Waals surface area contributed by atoms with Crippen LogP contribution in [-0.4, -0.2) is 13.2 Å². The first-order valence-electron chi connectivity index (χ1n) is 8.30. The molecular weight excluding hydrogens is 262 g/mol. The molecule has 21 heavy (non-hydrogen) atoms. The molecule has 0 saturated heterocycles. The van der Waals surface area contributed by atoms with Crippen molar-refractivity contribution in [2.24, 2.45) is 11.1 Å². The molecule has 0 aromatic heterocycles. The van der Waals surface area contributed by atoms with Crippen LogP contribution in [0.15, 0.2) is 18.2 Å². The van der Waals surface area contributed by atoms with Gasteiger partial charge in [0, 0.05) is 5.54 Å². The molecule has 0 radical (unpaired) electrons. The molecule has 3 nitrogen and oxygen atoms in total. The van der Waals surface area contributed by atoms with Crippen LogP contribution >= 0.6 is 0 Å². The predicted octanol–water partition coefficient (Wildman–Crippen LogP) is 3.99. The summed E-state index contributed by atoms with van der Waals surface area (Å²) in [5.74, 6) is 1.70. The van der Waals surface area contributed by atoms with Crippen LogP contribution in [0.5, 0.6) is 11.5 Å². The summed E-state index contributed by atoms with van der Waals surface area (Å²) in [6, 6.07) is 6.23. The first-order valence-corrected chi connectivity index (χ1v) is 8.30. The molecule has 1 fully saturated rings. The third-order valence-corrected chi connectivity index (χ3v) is 5.06. The molecule has 0 amide bonds. The van der Waals surface area contributed by atoms with Gasteiger partial charge in [0.2, 0.25) is 0 Å². The van der Waals surface area contributed by atoms with Crippen molar-refractivity contribution < 1.29 is 9.47 Å². The average Bonchev–Trinajstić information content (AvgIpc) is 2.46. The van der Waals surface area contributed by atoms with E-state index in [0.717, 1.165) is 24.3 Å². The van der Waals surface area contributed by atoms with Gasteiger partial charge in [-0.15, -0.1) is 0 Å². The van der Waals surface area contributed by atoms with E-state index < -0.39 is 0 Å². The van der Waals surface area contributed by atoms with Crippen molar-refractivity contribution in [2.75, 3.05) is 13.2 Å². The summed E-state index contributed by atoms with van der Waals surface area (Å²) in [5, 5.41) is 0. The second kappa shape index (κ2) is 5.53. The van der Waals surface area contributed by atoms with E-state index in [2.05, 4.69) is 26.0 Å². The molecule has 1 aromatic rings. The summed E-state index contributed by atoms with van der Waals surface area (Å²) in [6.45, 7) is 5.82. The number of ether oxygens (including phenoxy) is 2. The van der Waals surface area contributed by atoms with Gasteiger partial charge in [0.1, 0.15) is 13.2 Å². The number of nitrogens with two attached hydrogens (primary N) is 1. The van der Waals surface area contributed by atoms with Gasteiger partial charge < -0.3 is 15.2 Å². The molecule has 3 rings (SSSR count). The summed E-state index contributed by atoms with van der Waals surface area (Å²) in [6.07, 6.45) is 7.28. The second-order valence-electron chi connectivity index (χ2n) is 6.87. The Hall–Kier alpha value is -1.22. The minimum absolute atomic E-state index is 0.180. The SMILES string of the molecule is CCCC1(CCC)CC(N)(c2ccc3c(c2)OCCO3)C1. The van der Waals surface area contributed by atoms with Crippen LogP contribution in [0, 0.1) is 5.41 Å². The summed E-state index contributed by atoms with van der Waals surface area (Å²) >= 11 is 0. The fraction of sp³-hybridized carbons (Fsp3) is 0.667. The van der Waals surface area contributed by atoms with Crippen molar-refractivity contribution in [1.29, 1.82) is 0 Å². The Labute approximate surface area is 127 Å². The number of rotatable bonds is 5. The highest BCUT2D eigenvalue weighted by atomic mass is 16.6. The number of hydrogen-bond donors (Lipinski definition) is 1. The van der Waals surface area contributed by atoms with Gasteiger partial charge in [-0.2, -0.15) is 0 Å². The number of hydrogen-bond acceptors (Lipinski definition) is 3. The van der Waals surface area contributed by atoms with E-state index in [0.29, 0.717) is 18.6 Å². The molecule has 1 aliphatic carbocycles. The predicted molar refractivity (Wildman–Crippen MR) is 84.8 cm³/mol. The van der Waals surface area contributed by atoms with Crippen LogP contribution < -0.4 is 15.2 Å². The molecule has 1 aromatic carbocycles. The fourth-order valence-corrected chi connectivity index (χ4v) is 4.38. The minimum atomic E-state index is -0.180. The van der Waals surface area contributed by atoms with Crippen molar-refractivity contribution in [2.45, 2.75) is 57.9 Å². The molecular formula is C18H27NO2. The first kappa shape index (κ1) is 14.7. The molecule has 1 aliphatic heterocycles. The van der Waals surface area contributed by atoms with Crippen molar-refractivity contribution >= 4 is 0 Å². The summed E-state index contributed by atoms with van der Waals surface area (Å²) < 4.78 is 11.3. The van der Waals surface area contributed by atoms with Gasteiger partial charge in [-0.3, -0.25) is 0 Å². The van der Waals surface area contributed by atoms with E-state index in [9.17, 15) is 0 Å². The molecule has 0 spiro atoms.